The highest BCUT2D eigenvalue weighted by Gasteiger charge is 2.23. The summed E-state index contributed by atoms with van der Waals surface area (Å²) >= 11 is 1.62. The summed E-state index contributed by atoms with van der Waals surface area (Å²) < 4.78 is 7.94. The number of nitrogens with zero attached hydrogens (tertiary/aromatic N) is 5. The van der Waals surface area contributed by atoms with Crippen LogP contribution in [-0.4, -0.2) is 37.7 Å². The van der Waals surface area contributed by atoms with Crippen molar-refractivity contribution >= 4 is 11.3 Å². The maximum Gasteiger partial charge on any atom is 0.257 e. The summed E-state index contributed by atoms with van der Waals surface area (Å²) in [6.07, 6.45) is 7.39. The van der Waals surface area contributed by atoms with E-state index >= 15 is 0 Å². The third kappa shape index (κ3) is 3.42. The fraction of sp³-hybridized carbons (Fsp3) is 0.471. The predicted molar refractivity (Wildman–Crippen MR) is 92.5 cm³/mol. The summed E-state index contributed by atoms with van der Waals surface area (Å²) in [6.45, 7) is 2.88. The molecule has 1 aliphatic rings. The third-order valence-corrected chi connectivity index (χ3v) is 5.41. The Labute approximate surface area is 145 Å². The average Bonchev–Trinajstić information content (AvgIpc) is 3.31. The zero-order valence-electron chi connectivity index (χ0n) is 13.8. The molecule has 126 valence electrons. The van der Waals surface area contributed by atoms with Gasteiger partial charge < -0.3 is 8.98 Å². The molecule has 0 N–H and O–H groups in total. The van der Waals surface area contributed by atoms with Crippen molar-refractivity contribution in [3.63, 3.8) is 0 Å². The fourth-order valence-corrected chi connectivity index (χ4v) is 3.97. The second-order valence-electron chi connectivity index (χ2n) is 6.38. The van der Waals surface area contributed by atoms with Crippen LogP contribution in [0.15, 0.2) is 34.3 Å². The second kappa shape index (κ2) is 6.86. The summed E-state index contributed by atoms with van der Waals surface area (Å²) in [6, 6.07) is 4.00. The van der Waals surface area contributed by atoms with Crippen LogP contribution in [0.3, 0.4) is 0 Å². The highest BCUT2D eigenvalue weighted by atomic mass is 32.1. The SMILES string of the molecule is Cn1ccnc1CC1CCCN(Cc2nnc(-c3cccs3)o2)C1. The zero-order valence-corrected chi connectivity index (χ0v) is 14.6. The Morgan fingerprint density at radius 3 is 3.12 bits per heavy atom. The normalized spacial score (nSPS) is 19.0. The molecule has 0 aromatic carbocycles. The van der Waals surface area contributed by atoms with Crippen molar-refractivity contribution in [1.29, 1.82) is 0 Å². The van der Waals surface area contributed by atoms with Crippen molar-refractivity contribution in [3.8, 4) is 10.8 Å². The lowest BCUT2D eigenvalue weighted by Gasteiger charge is -2.31. The molecular weight excluding hydrogens is 322 g/mol. The van der Waals surface area contributed by atoms with Crippen molar-refractivity contribution in [2.45, 2.75) is 25.8 Å². The molecule has 1 saturated heterocycles. The van der Waals surface area contributed by atoms with Gasteiger partial charge in [0.25, 0.3) is 5.89 Å². The van der Waals surface area contributed by atoms with E-state index in [4.69, 9.17) is 4.42 Å². The van der Waals surface area contributed by atoms with Gasteiger partial charge in [-0.15, -0.1) is 21.5 Å². The molecule has 0 saturated carbocycles. The molecule has 1 aliphatic heterocycles. The Hall–Kier alpha value is -1.99. The number of rotatable bonds is 5. The van der Waals surface area contributed by atoms with E-state index in [1.807, 2.05) is 29.9 Å². The minimum Gasteiger partial charge on any atom is -0.419 e. The maximum absolute atomic E-state index is 5.82. The van der Waals surface area contributed by atoms with E-state index in [2.05, 4.69) is 31.7 Å². The number of hydrogen-bond donors (Lipinski definition) is 0. The number of piperidine rings is 1. The van der Waals surface area contributed by atoms with Crippen LogP contribution in [0.4, 0.5) is 0 Å². The molecule has 4 heterocycles. The van der Waals surface area contributed by atoms with Crippen molar-refractivity contribution < 1.29 is 4.42 Å². The molecule has 0 radical (unpaired) electrons. The first-order valence-corrected chi connectivity index (χ1v) is 9.20. The van der Waals surface area contributed by atoms with Crippen LogP contribution in [0.25, 0.3) is 10.8 Å². The molecule has 1 atom stereocenters. The van der Waals surface area contributed by atoms with Gasteiger partial charge in [0.2, 0.25) is 5.89 Å². The van der Waals surface area contributed by atoms with E-state index in [9.17, 15) is 0 Å². The monoisotopic (exact) mass is 343 g/mol. The van der Waals surface area contributed by atoms with Crippen LogP contribution < -0.4 is 0 Å². The van der Waals surface area contributed by atoms with Crippen LogP contribution in [0.1, 0.15) is 24.6 Å². The summed E-state index contributed by atoms with van der Waals surface area (Å²) in [4.78, 5) is 7.90. The standard InChI is InChI=1S/C17H21N5OS/c1-21-8-6-18-15(21)10-13-4-2-7-22(11-13)12-16-19-20-17(23-16)14-5-3-9-24-14/h3,5-6,8-9,13H,2,4,7,10-12H2,1H3. The molecule has 1 unspecified atom stereocenters. The van der Waals surface area contributed by atoms with Gasteiger partial charge in [0, 0.05) is 32.4 Å². The Kier molecular flexibility index (Phi) is 4.44. The molecule has 0 amide bonds. The lowest BCUT2D eigenvalue weighted by molar-refractivity contribution is 0.153. The number of thiophene rings is 1. The quantitative estimate of drug-likeness (QED) is 0.713. The summed E-state index contributed by atoms with van der Waals surface area (Å²) in [5, 5.41) is 10.4. The highest BCUT2D eigenvalue weighted by Crippen LogP contribution is 2.25. The zero-order chi connectivity index (χ0) is 16.4. The smallest absolute Gasteiger partial charge is 0.257 e. The molecule has 0 spiro atoms. The first-order chi connectivity index (χ1) is 11.8. The van der Waals surface area contributed by atoms with E-state index in [0.29, 0.717) is 17.7 Å². The summed E-state index contributed by atoms with van der Waals surface area (Å²) in [5.41, 5.74) is 0. The van der Waals surface area contributed by atoms with E-state index < -0.39 is 0 Å². The van der Waals surface area contributed by atoms with Crippen LogP contribution in [0.2, 0.25) is 0 Å². The van der Waals surface area contributed by atoms with Crippen LogP contribution in [0, 0.1) is 5.92 Å². The average molecular weight is 343 g/mol. The summed E-state index contributed by atoms with van der Waals surface area (Å²) in [5.74, 6) is 3.14. The number of hydrogen-bond acceptors (Lipinski definition) is 6. The minimum absolute atomic E-state index is 0.626. The lowest BCUT2D eigenvalue weighted by atomic mass is 9.94. The van der Waals surface area contributed by atoms with E-state index in [-0.39, 0.29) is 0 Å². The van der Waals surface area contributed by atoms with Crippen molar-refractivity contribution in [2.24, 2.45) is 13.0 Å². The maximum atomic E-state index is 5.82. The van der Waals surface area contributed by atoms with Crippen LogP contribution >= 0.6 is 11.3 Å². The molecule has 1 fully saturated rings. The van der Waals surface area contributed by atoms with Crippen LogP contribution in [0.5, 0.6) is 0 Å². The number of aryl methyl sites for hydroxylation is 1. The largest absolute Gasteiger partial charge is 0.419 e. The third-order valence-electron chi connectivity index (χ3n) is 4.55. The molecule has 6 nitrogen and oxygen atoms in total. The molecule has 3 aromatic heterocycles. The van der Waals surface area contributed by atoms with Crippen molar-refractivity contribution in [1.82, 2.24) is 24.6 Å². The van der Waals surface area contributed by atoms with Gasteiger partial charge in [0.1, 0.15) is 5.82 Å². The highest BCUT2D eigenvalue weighted by molar-refractivity contribution is 7.13. The molecular formula is C17H21N5OS. The second-order valence-corrected chi connectivity index (χ2v) is 7.33. The van der Waals surface area contributed by atoms with E-state index in [1.54, 1.807) is 11.3 Å². The summed E-state index contributed by atoms with van der Waals surface area (Å²) in [7, 11) is 2.06. The van der Waals surface area contributed by atoms with Gasteiger partial charge in [-0.05, 0) is 36.8 Å². The Bertz CT molecular complexity index is 779. The minimum atomic E-state index is 0.626. The van der Waals surface area contributed by atoms with Gasteiger partial charge >= 0.3 is 0 Å². The van der Waals surface area contributed by atoms with Crippen LogP contribution in [-0.2, 0) is 20.0 Å². The fourth-order valence-electron chi connectivity index (χ4n) is 3.32. The Morgan fingerprint density at radius 2 is 2.33 bits per heavy atom. The van der Waals surface area contributed by atoms with Gasteiger partial charge in [0.15, 0.2) is 0 Å². The number of imidazole rings is 1. The molecule has 0 bridgehead atoms. The first-order valence-electron chi connectivity index (χ1n) is 8.33. The Morgan fingerprint density at radius 1 is 1.38 bits per heavy atom. The Balaban J connectivity index is 1.37. The molecule has 7 heteroatoms. The van der Waals surface area contributed by atoms with Gasteiger partial charge in [0.05, 0.1) is 11.4 Å². The van der Waals surface area contributed by atoms with Crippen molar-refractivity contribution in [2.75, 3.05) is 13.1 Å². The van der Waals surface area contributed by atoms with Gasteiger partial charge in [-0.25, -0.2) is 4.98 Å². The van der Waals surface area contributed by atoms with Crippen molar-refractivity contribution in [3.05, 3.63) is 41.6 Å². The topological polar surface area (TPSA) is 60.0 Å². The lowest BCUT2D eigenvalue weighted by Crippen LogP contribution is -2.36. The van der Waals surface area contributed by atoms with Gasteiger partial charge in [-0.1, -0.05) is 6.07 Å². The van der Waals surface area contributed by atoms with E-state index in [1.165, 1.54) is 18.7 Å². The first kappa shape index (κ1) is 15.5. The van der Waals surface area contributed by atoms with E-state index in [0.717, 1.165) is 30.9 Å². The molecule has 0 aliphatic carbocycles. The number of likely N-dealkylation sites (tertiary alicyclic amines) is 1. The molecule has 4 rings (SSSR count). The van der Waals surface area contributed by atoms with Gasteiger partial charge in [-0.3, -0.25) is 4.90 Å². The van der Waals surface area contributed by atoms with Gasteiger partial charge in [-0.2, -0.15) is 0 Å². The molecule has 3 aromatic rings. The predicted octanol–water partition coefficient (Wildman–Crippen LogP) is 2.99. The number of aromatic nitrogens is 4. The molecule has 24 heavy (non-hydrogen) atoms.